The summed E-state index contributed by atoms with van der Waals surface area (Å²) in [7, 11) is 4.41. The Kier molecular flexibility index (Phi) is 7.87. The average molecular weight is 256 g/mol. The van der Waals surface area contributed by atoms with E-state index >= 15 is 0 Å². The van der Waals surface area contributed by atoms with Crippen molar-refractivity contribution < 1.29 is 4.74 Å². The first-order chi connectivity index (χ1) is 8.69. The smallest absolute Gasteiger partial charge is 0.0469 e. The fourth-order valence-corrected chi connectivity index (χ4v) is 2.99. The molecule has 0 aromatic rings. The van der Waals surface area contributed by atoms with E-state index in [1.165, 1.54) is 25.7 Å². The zero-order chi connectivity index (χ0) is 13.4. The normalized spacial score (nSPS) is 19.7. The van der Waals surface area contributed by atoms with Crippen LogP contribution in [-0.2, 0) is 4.74 Å². The summed E-state index contributed by atoms with van der Waals surface area (Å²) in [6, 6.07) is 0.667. The average Bonchev–Trinajstić information content (AvgIpc) is 2.39. The first kappa shape index (κ1) is 15.9. The molecule has 0 aromatic carbocycles. The second kappa shape index (κ2) is 8.89. The van der Waals surface area contributed by atoms with Crippen molar-refractivity contribution in [1.29, 1.82) is 0 Å². The van der Waals surface area contributed by atoms with Gasteiger partial charge >= 0.3 is 0 Å². The minimum atomic E-state index is 0.667. The van der Waals surface area contributed by atoms with Crippen LogP contribution in [0.15, 0.2) is 0 Å². The monoisotopic (exact) mass is 256 g/mol. The molecule has 0 aliphatic carbocycles. The predicted octanol–water partition coefficient (Wildman–Crippen LogP) is 2.37. The fraction of sp³-hybridized carbons (Fsp3) is 1.00. The van der Waals surface area contributed by atoms with Crippen molar-refractivity contribution in [1.82, 2.24) is 10.2 Å². The molecule has 0 amide bonds. The molecule has 1 fully saturated rings. The highest BCUT2D eigenvalue weighted by atomic mass is 16.5. The van der Waals surface area contributed by atoms with Gasteiger partial charge in [-0.25, -0.2) is 0 Å². The molecule has 1 saturated heterocycles. The zero-order valence-corrected chi connectivity index (χ0v) is 12.7. The number of nitrogens with one attached hydrogen (secondary N) is 1. The van der Waals surface area contributed by atoms with E-state index in [1.54, 1.807) is 0 Å². The maximum atomic E-state index is 5.40. The molecule has 0 radical (unpaired) electrons. The summed E-state index contributed by atoms with van der Waals surface area (Å²) in [5.41, 5.74) is 0. The van der Waals surface area contributed by atoms with E-state index in [0.29, 0.717) is 6.04 Å². The molecule has 3 nitrogen and oxygen atoms in total. The van der Waals surface area contributed by atoms with Gasteiger partial charge in [-0.3, -0.25) is 0 Å². The van der Waals surface area contributed by atoms with Gasteiger partial charge in [0.2, 0.25) is 0 Å². The van der Waals surface area contributed by atoms with Crippen molar-refractivity contribution in [3.63, 3.8) is 0 Å². The molecule has 1 rings (SSSR count). The summed E-state index contributed by atoms with van der Waals surface area (Å²) < 4.78 is 5.40. The number of nitrogens with zero attached hydrogens (tertiary/aromatic N) is 1. The van der Waals surface area contributed by atoms with Crippen molar-refractivity contribution in [3.8, 4) is 0 Å². The highest BCUT2D eigenvalue weighted by Crippen LogP contribution is 2.17. The third-order valence-electron chi connectivity index (χ3n) is 4.38. The molecule has 18 heavy (non-hydrogen) atoms. The van der Waals surface area contributed by atoms with Crippen molar-refractivity contribution in [2.45, 2.75) is 45.6 Å². The summed E-state index contributed by atoms with van der Waals surface area (Å²) in [4.78, 5) is 2.38. The van der Waals surface area contributed by atoms with Crippen LogP contribution in [0.25, 0.3) is 0 Å². The number of ether oxygens (including phenoxy) is 1. The van der Waals surface area contributed by atoms with E-state index < -0.39 is 0 Å². The van der Waals surface area contributed by atoms with Crippen LogP contribution in [-0.4, -0.2) is 51.3 Å². The second-order valence-electron chi connectivity index (χ2n) is 5.82. The first-order valence-corrected chi connectivity index (χ1v) is 7.63. The van der Waals surface area contributed by atoms with Gasteiger partial charge in [-0.1, -0.05) is 26.7 Å². The summed E-state index contributed by atoms with van der Waals surface area (Å²) in [5, 5.41) is 3.69. The largest absolute Gasteiger partial charge is 0.381 e. The van der Waals surface area contributed by atoms with E-state index in [0.717, 1.165) is 38.1 Å². The lowest BCUT2D eigenvalue weighted by molar-refractivity contribution is 0.0653. The van der Waals surface area contributed by atoms with Gasteiger partial charge in [0.1, 0.15) is 0 Å². The van der Waals surface area contributed by atoms with Crippen LogP contribution in [0.5, 0.6) is 0 Å². The van der Waals surface area contributed by atoms with Crippen LogP contribution in [0.1, 0.15) is 39.5 Å². The summed E-state index contributed by atoms with van der Waals surface area (Å²) in [6.07, 6.45) is 5.01. The quantitative estimate of drug-likeness (QED) is 0.721. The molecule has 1 N–H and O–H groups in total. The molecular weight excluding hydrogens is 224 g/mol. The molecule has 1 aliphatic heterocycles. The molecule has 1 atom stereocenters. The minimum Gasteiger partial charge on any atom is -0.381 e. The molecule has 1 aliphatic rings. The van der Waals surface area contributed by atoms with Gasteiger partial charge in [0.25, 0.3) is 0 Å². The zero-order valence-electron chi connectivity index (χ0n) is 12.7. The number of hydrogen-bond acceptors (Lipinski definition) is 3. The van der Waals surface area contributed by atoms with Gasteiger partial charge in [-0.2, -0.15) is 0 Å². The third kappa shape index (κ3) is 5.25. The topological polar surface area (TPSA) is 24.5 Å². The van der Waals surface area contributed by atoms with Gasteiger partial charge in [-0.15, -0.1) is 0 Å². The standard InChI is InChI=1S/C15H32N2O/c1-5-14(6-2)15(17(3)4)12-16-11-13-7-9-18-10-8-13/h13-16H,5-12H2,1-4H3. The Bertz CT molecular complexity index is 199. The molecule has 0 saturated carbocycles. The lowest BCUT2D eigenvalue weighted by Gasteiger charge is -2.32. The van der Waals surface area contributed by atoms with E-state index in [-0.39, 0.29) is 0 Å². The summed E-state index contributed by atoms with van der Waals surface area (Å²) >= 11 is 0. The van der Waals surface area contributed by atoms with Crippen LogP contribution in [0.4, 0.5) is 0 Å². The molecule has 0 bridgehead atoms. The minimum absolute atomic E-state index is 0.667. The van der Waals surface area contributed by atoms with Gasteiger partial charge < -0.3 is 15.0 Å². The van der Waals surface area contributed by atoms with Crippen LogP contribution in [0.3, 0.4) is 0 Å². The van der Waals surface area contributed by atoms with E-state index in [1.807, 2.05) is 0 Å². The van der Waals surface area contributed by atoms with Crippen LogP contribution >= 0.6 is 0 Å². The van der Waals surface area contributed by atoms with Gasteiger partial charge in [0.15, 0.2) is 0 Å². The molecular formula is C15H32N2O. The molecule has 0 aromatic heterocycles. The highest BCUT2D eigenvalue weighted by Gasteiger charge is 2.21. The van der Waals surface area contributed by atoms with E-state index in [4.69, 9.17) is 4.74 Å². The van der Waals surface area contributed by atoms with Gasteiger partial charge in [0.05, 0.1) is 0 Å². The van der Waals surface area contributed by atoms with Crippen LogP contribution < -0.4 is 5.32 Å². The number of hydrogen-bond donors (Lipinski definition) is 1. The van der Waals surface area contributed by atoms with E-state index in [2.05, 4.69) is 38.2 Å². The fourth-order valence-electron chi connectivity index (χ4n) is 2.99. The molecule has 1 heterocycles. The SMILES string of the molecule is CCC(CC)C(CNCC1CCOCC1)N(C)C. The molecule has 1 unspecified atom stereocenters. The Labute approximate surface area is 113 Å². The Morgan fingerprint density at radius 3 is 2.28 bits per heavy atom. The highest BCUT2D eigenvalue weighted by molar-refractivity contribution is 4.78. The van der Waals surface area contributed by atoms with Crippen molar-refractivity contribution >= 4 is 0 Å². The van der Waals surface area contributed by atoms with E-state index in [9.17, 15) is 0 Å². The summed E-state index contributed by atoms with van der Waals surface area (Å²) in [6.45, 7) is 8.81. The Morgan fingerprint density at radius 1 is 1.17 bits per heavy atom. The number of likely N-dealkylation sites (N-methyl/N-ethyl adjacent to an activating group) is 1. The van der Waals surface area contributed by atoms with Crippen molar-refractivity contribution in [2.24, 2.45) is 11.8 Å². The maximum absolute atomic E-state index is 5.40. The third-order valence-corrected chi connectivity index (χ3v) is 4.38. The first-order valence-electron chi connectivity index (χ1n) is 7.63. The predicted molar refractivity (Wildman–Crippen MR) is 78.0 cm³/mol. The van der Waals surface area contributed by atoms with Gasteiger partial charge in [0, 0.05) is 25.8 Å². The van der Waals surface area contributed by atoms with Gasteiger partial charge in [-0.05, 0) is 45.3 Å². The van der Waals surface area contributed by atoms with Crippen molar-refractivity contribution in [3.05, 3.63) is 0 Å². The molecule has 3 heteroatoms. The summed E-state index contributed by atoms with van der Waals surface area (Å²) in [5.74, 6) is 1.63. The Hall–Kier alpha value is -0.120. The lowest BCUT2D eigenvalue weighted by Crippen LogP contribution is -2.44. The molecule has 108 valence electrons. The Morgan fingerprint density at radius 2 is 1.78 bits per heavy atom. The van der Waals surface area contributed by atoms with Crippen molar-refractivity contribution in [2.75, 3.05) is 40.4 Å². The Balaban J connectivity index is 2.28. The number of rotatable bonds is 8. The maximum Gasteiger partial charge on any atom is 0.0469 e. The van der Waals surface area contributed by atoms with Crippen LogP contribution in [0, 0.1) is 11.8 Å². The van der Waals surface area contributed by atoms with Crippen LogP contribution in [0.2, 0.25) is 0 Å². The lowest BCUT2D eigenvalue weighted by atomic mass is 9.93. The second-order valence-corrected chi connectivity index (χ2v) is 5.82. The molecule has 0 spiro atoms.